The number of piperazine rings is 1. The third kappa shape index (κ3) is 2.27. The number of rotatable bonds is 1. The van der Waals surface area contributed by atoms with Crippen LogP contribution in [-0.4, -0.2) is 35.1 Å². The van der Waals surface area contributed by atoms with Gasteiger partial charge in [-0.3, -0.25) is 4.79 Å². The van der Waals surface area contributed by atoms with E-state index in [-0.39, 0.29) is 5.56 Å². The van der Waals surface area contributed by atoms with Crippen LogP contribution in [0.2, 0.25) is 0 Å². The number of nitrogens with zero attached hydrogens (tertiary/aromatic N) is 2. The molecule has 2 aromatic heterocycles. The smallest absolute Gasteiger partial charge is 0.256 e. The molecule has 24 heavy (non-hydrogen) atoms. The molecule has 2 N–H and O–H groups in total. The van der Waals surface area contributed by atoms with Crippen molar-refractivity contribution in [2.24, 2.45) is 0 Å². The molecule has 5 nitrogen and oxygen atoms in total. The van der Waals surface area contributed by atoms with Gasteiger partial charge in [0.1, 0.15) is 5.82 Å². The summed E-state index contributed by atoms with van der Waals surface area (Å²) in [6.45, 7) is 6.06. The van der Waals surface area contributed by atoms with E-state index in [1.807, 2.05) is 50.2 Å². The number of H-pyrrole nitrogens is 1. The summed E-state index contributed by atoms with van der Waals surface area (Å²) < 4.78 is 0. The molecule has 3 aromatic rings. The Morgan fingerprint density at radius 1 is 1.12 bits per heavy atom. The topological polar surface area (TPSA) is 61.0 Å². The lowest BCUT2D eigenvalue weighted by Gasteiger charge is -2.28. The fourth-order valence-electron chi connectivity index (χ4n) is 3.83. The molecule has 2 aliphatic heterocycles. The Labute approximate surface area is 140 Å². The number of fused-ring (bicyclic) bond motifs is 5. The van der Waals surface area contributed by atoms with Crippen molar-refractivity contribution in [1.29, 1.82) is 0 Å². The van der Waals surface area contributed by atoms with Crippen molar-refractivity contribution >= 4 is 27.6 Å². The number of nitrogens with one attached hydrogen (secondary N) is 2. The molecule has 2 atom stereocenters. The summed E-state index contributed by atoms with van der Waals surface area (Å²) in [5, 5.41) is 5.13. The Balaban J connectivity index is 0.000000704. The predicted octanol–water partition coefficient (Wildman–Crippen LogP) is 2.65. The minimum Gasteiger partial charge on any atom is -0.351 e. The SMILES string of the molecule is CC.O=c1[nH]c2ccc(N3CC4CC3CN4)nc2c2ccccc12. The van der Waals surface area contributed by atoms with E-state index in [0.717, 1.165) is 35.3 Å². The van der Waals surface area contributed by atoms with E-state index in [1.54, 1.807) is 0 Å². The summed E-state index contributed by atoms with van der Waals surface area (Å²) in [6, 6.07) is 12.8. The maximum atomic E-state index is 12.1. The highest BCUT2D eigenvalue weighted by Gasteiger charge is 2.38. The van der Waals surface area contributed by atoms with E-state index in [2.05, 4.69) is 15.2 Å². The van der Waals surface area contributed by atoms with Crippen molar-refractivity contribution in [1.82, 2.24) is 15.3 Å². The van der Waals surface area contributed by atoms with Gasteiger partial charge < -0.3 is 15.2 Å². The quantitative estimate of drug-likeness (QED) is 0.676. The van der Waals surface area contributed by atoms with Gasteiger partial charge >= 0.3 is 0 Å². The van der Waals surface area contributed by atoms with Gasteiger partial charge in [-0.15, -0.1) is 0 Å². The Morgan fingerprint density at radius 2 is 1.92 bits per heavy atom. The highest BCUT2D eigenvalue weighted by atomic mass is 16.1. The summed E-state index contributed by atoms with van der Waals surface area (Å²) in [5.74, 6) is 1.01. The summed E-state index contributed by atoms with van der Waals surface area (Å²) >= 11 is 0. The van der Waals surface area contributed by atoms with Crippen molar-refractivity contribution in [2.75, 3.05) is 18.0 Å². The van der Waals surface area contributed by atoms with E-state index < -0.39 is 0 Å². The predicted molar refractivity (Wildman–Crippen MR) is 98.8 cm³/mol. The molecule has 5 heteroatoms. The van der Waals surface area contributed by atoms with Crippen molar-refractivity contribution in [3.63, 3.8) is 0 Å². The first-order valence-electron chi connectivity index (χ1n) is 8.71. The number of benzene rings is 1. The lowest BCUT2D eigenvalue weighted by Crippen LogP contribution is -2.44. The molecule has 2 bridgehead atoms. The van der Waals surface area contributed by atoms with Crippen molar-refractivity contribution in [2.45, 2.75) is 32.4 Å². The first-order valence-corrected chi connectivity index (χ1v) is 8.71. The fourth-order valence-corrected chi connectivity index (χ4v) is 3.83. The minimum atomic E-state index is -0.0536. The summed E-state index contributed by atoms with van der Waals surface area (Å²) in [4.78, 5) is 22.3. The molecule has 0 amide bonds. The van der Waals surface area contributed by atoms with E-state index in [1.165, 1.54) is 6.42 Å². The summed E-state index contributed by atoms with van der Waals surface area (Å²) in [7, 11) is 0. The van der Waals surface area contributed by atoms with Crippen LogP contribution in [0.5, 0.6) is 0 Å². The number of aromatic amines is 1. The standard InChI is InChI=1S/C17H16N4O.C2H6/c22-17-13-4-2-1-3-12(13)16-14(19-17)5-6-15(20-16)21-9-10-7-11(21)8-18-10;1-2/h1-6,10-11,18H,7-9H2,(H,19,22);1-2H3. The first kappa shape index (κ1) is 15.1. The molecular formula is C19H22N4O. The van der Waals surface area contributed by atoms with Crippen LogP contribution < -0.4 is 15.8 Å². The fraction of sp³-hybridized carbons (Fsp3) is 0.368. The lowest BCUT2D eigenvalue weighted by molar-refractivity contribution is 0.577. The van der Waals surface area contributed by atoms with E-state index in [9.17, 15) is 4.79 Å². The van der Waals surface area contributed by atoms with Gasteiger partial charge in [0.05, 0.1) is 11.0 Å². The Kier molecular flexibility index (Phi) is 3.73. The summed E-state index contributed by atoms with van der Waals surface area (Å²) in [5.41, 5.74) is 1.63. The second-order valence-corrected chi connectivity index (χ2v) is 6.21. The van der Waals surface area contributed by atoms with Crippen LogP contribution >= 0.6 is 0 Å². The normalized spacial score (nSPS) is 22.0. The third-order valence-electron chi connectivity index (χ3n) is 4.91. The number of anilines is 1. The van der Waals surface area contributed by atoms with Gasteiger partial charge in [0.25, 0.3) is 5.56 Å². The van der Waals surface area contributed by atoms with E-state index in [0.29, 0.717) is 17.5 Å². The van der Waals surface area contributed by atoms with Crippen molar-refractivity contribution < 1.29 is 0 Å². The van der Waals surface area contributed by atoms with E-state index in [4.69, 9.17) is 4.98 Å². The average molecular weight is 322 g/mol. The molecule has 0 radical (unpaired) electrons. The monoisotopic (exact) mass is 322 g/mol. The lowest BCUT2D eigenvalue weighted by atomic mass is 10.1. The molecule has 124 valence electrons. The molecule has 0 aliphatic carbocycles. The molecule has 2 saturated heterocycles. The van der Waals surface area contributed by atoms with Gasteiger partial charge in [-0.05, 0) is 24.6 Å². The molecule has 4 heterocycles. The van der Waals surface area contributed by atoms with E-state index >= 15 is 0 Å². The van der Waals surface area contributed by atoms with Crippen LogP contribution in [0.3, 0.4) is 0 Å². The molecule has 5 rings (SSSR count). The Morgan fingerprint density at radius 3 is 2.62 bits per heavy atom. The molecule has 0 spiro atoms. The number of aromatic nitrogens is 2. The largest absolute Gasteiger partial charge is 0.351 e. The molecule has 2 aliphatic rings. The first-order chi connectivity index (χ1) is 11.8. The molecule has 0 saturated carbocycles. The molecule has 2 fully saturated rings. The highest BCUT2D eigenvalue weighted by Crippen LogP contribution is 2.30. The average Bonchev–Trinajstić information content (AvgIpc) is 3.27. The number of hydrogen-bond donors (Lipinski definition) is 2. The van der Waals surface area contributed by atoms with Crippen LogP contribution in [0.15, 0.2) is 41.2 Å². The second-order valence-electron chi connectivity index (χ2n) is 6.21. The Bertz CT molecular complexity index is 949. The molecular weight excluding hydrogens is 300 g/mol. The van der Waals surface area contributed by atoms with Gasteiger partial charge in [-0.1, -0.05) is 32.0 Å². The van der Waals surface area contributed by atoms with Crippen LogP contribution in [0.25, 0.3) is 21.8 Å². The van der Waals surface area contributed by atoms with Crippen LogP contribution in [0, 0.1) is 0 Å². The van der Waals surface area contributed by atoms with Gasteiger partial charge in [0.15, 0.2) is 0 Å². The maximum absolute atomic E-state index is 12.1. The second kappa shape index (κ2) is 5.91. The minimum absolute atomic E-state index is 0.0536. The van der Waals surface area contributed by atoms with Gasteiger partial charge in [0, 0.05) is 35.9 Å². The van der Waals surface area contributed by atoms with Crippen LogP contribution in [-0.2, 0) is 0 Å². The molecule has 2 unspecified atom stereocenters. The number of hydrogen-bond acceptors (Lipinski definition) is 4. The van der Waals surface area contributed by atoms with Gasteiger partial charge in [0.2, 0.25) is 0 Å². The van der Waals surface area contributed by atoms with Crippen molar-refractivity contribution in [3.8, 4) is 0 Å². The molecule has 1 aromatic carbocycles. The van der Waals surface area contributed by atoms with Gasteiger partial charge in [-0.25, -0.2) is 4.98 Å². The zero-order valence-corrected chi connectivity index (χ0v) is 14.0. The van der Waals surface area contributed by atoms with Crippen molar-refractivity contribution in [3.05, 3.63) is 46.8 Å². The third-order valence-corrected chi connectivity index (χ3v) is 4.91. The van der Waals surface area contributed by atoms with Gasteiger partial charge in [-0.2, -0.15) is 0 Å². The zero-order chi connectivity index (χ0) is 16.7. The van der Waals surface area contributed by atoms with Crippen LogP contribution in [0.1, 0.15) is 20.3 Å². The zero-order valence-electron chi connectivity index (χ0n) is 14.0. The summed E-state index contributed by atoms with van der Waals surface area (Å²) in [6.07, 6.45) is 1.20. The number of pyridine rings is 2. The van der Waals surface area contributed by atoms with Crippen LogP contribution in [0.4, 0.5) is 5.82 Å². The highest BCUT2D eigenvalue weighted by molar-refractivity contribution is 6.03. The Hall–Kier alpha value is -2.40. The maximum Gasteiger partial charge on any atom is 0.256 e.